The van der Waals surface area contributed by atoms with Crippen LogP contribution in [-0.4, -0.2) is 16.0 Å². The van der Waals surface area contributed by atoms with Crippen molar-refractivity contribution in [2.24, 2.45) is 0 Å². The average molecular weight is 335 g/mol. The summed E-state index contributed by atoms with van der Waals surface area (Å²) in [5.41, 5.74) is 1.72. The molecule has 0 saturated carbocycles. The second-order valence-corrected chi connectivity index (χ2v) is 5.68. The summed E-state index contributed by atoms with van der Waals surface area (Å²) in [6.45, 7) is 3.31. The summed E-state index contributed by atoms with van der Waals surface area (Å²) in [6.07, 6.45) is 0. The maximum Gasteiger partial charge on any atom is 0.262 e. The molecular weight excluding hydrogens is 324 g/mol. The van der Waals surface area contributed by atoms with Crippen LogP contribution in [0.2, 0.25) is 0 Å². The van der Waals surface area contributed by atoms with Crippen LogP contribution in [0.5, 0.6) is 0 Å². The lowest BCUT2D eigenvalue weighted by atomic mass is 10.2. The van der Waals surface area contributed by atoms with Crippen molar-refractivity contribution >= 4 is 22.4 Å². The minimum atomic E-state index is -0.947. The molecule has 0 unspecified atom stereocenters. The quantitative estimate of drug-likeness (QED) is 0.787. The molecule has 0 aliphatic rings. The highest BCUT2D eigenvalue weighted by Gasteiger charge is 2.19. The van der Waals surface area contributed by atoms with E-state index in [1.165, 1.54) is 17.4 Å². The molecule has 0 saturated heterocycles. The summed E-state index contributed by atoms with van der Waals surface area (Å²) in [5, 5.41) is 8.35. The summed E-state index contributed by atoms with van der Waals surface area (Å²) in [4.78, 5) is 16.4. The number of nitrogens with zero attached hydrogens (tertiary/aromatic N) is 2. The number of anilines is 1. The van der Waals surface area contributed by atoms with Crippen molar-refractivity contribution < 1.29 is 18.1 Å². The fourth-order valence-electron chi connectivity index (χ4n) is 2.09. The molecule has 2 aromatic heterocycles. The summed E-state index contributed by atoms with van der Waals surface area (Å²) < 4.78 is 31.2. The second-order valence-electron chi connectivity index (χ2n) is 4.82. The predicted octanol–water partition coefficient (Wildman–Crippen LogP) is 3.95. The summed E-state index contributed by atoms with van der Waals surface area (Å²) in [7, 11) is 0. The van der Waals surface area contributed by atoms with Crippen LogP contribution in [0.1, 0.15) is 21.8 Å². The SMILES string of the molecule is Cc1noc(C)c1C(=O)Nc1nc(-c2ccc(F)c(F)c2)cs1. The van der Waals surface area contributed by atoms with Crippen molar-refractivity contribution in [2.75, 3.05) is 5.32 Å². The minimum absolute atomic E-state index is 0.342. The summed E-state index contributed by atoms with van der Waals surface area (Å²) >= 11 is 1.18. The Hall–Kier alpha value is -2.61. The van der Waals surface area contributed by atoms with Crippen molar-refractivity contribution in [1.82, 2.24) is 10.1 Å². The van der Waals surface area contributed by atoms with E-state index in [0.717, 1.165) is 12.1 Å². The van der Waals surface area contributed by atoms with Gasteiger partial charge in [-0.2, -0.15) is 0 Å². The monoisotopic (exact) mass is 335 g/mol. The molecule has 3 rings (SSSR count). The van der Waals surface area contributed by atoms with Crippen LogP contribution in [0, 0.1) is 25.5 Å². The van der Waals surface area contributed by atoms with Gasteiger partial charge in [-0.15, -0.1) is 11.3 Å². The van der Waals surface area contributed by atoms with Gasteiger partial charge in [0.15, 0.2) is 16.8 Å². The van der Waals surface area contributed by atoms with Crippen LogP contribution in [0.15, 0.2) is 28.1 Å². The molecule has 0 fully saturated rings. The molecule has 3 aromatic rings. The first-order valence-corrected chi connectivity index (χ1v) is 7.49. The molecule has 23 heavy (non-hydrogen) atoms. The van der Waals surface area contributed by atoms with Crippen molar-refractivity contribution in [2.45, 2.75) is 13.8 Å². The molecule has 1 N–H and O–H groups in total. The third-order valence-corrected chi connectivity index (χ3v) is 3.96. The Bertz CT molecular complexity index is 869. The molecule has 0 spiro atoms. The van der Waals surface area contributed by atoms with Crippen LogP contribution in [0.25, 0.3) is 11.3 Å². The lowest BCUT2D eigenvalue weighted by molar-refractivity contribution is 0.102. The van der Waals surface area contributed by atoms with Crippen molar-refractivity contribution in [3.63, 3.8) is 0 Å². The van der Waals surface area contributed by atoms with Crippen molar-refractivity contribution in [1.29, 1.82) is 0 Å². The summed E-state index contributed by atoms with van der Waals surface area (Å²) in [6, 6.07) is 3.52. The Morgan fingerprint density at radius 1 is 1.26 bits per heavy atom. The second kappa shape index (κ2) is 5.88. The van der Waals surface area contributed by atoms with Crippen LogP contribution < -0.4 is 5.32 Å². The van der Waals surface area contributed by atoms with Gasteiger partial charge in [0.1, 0.15) is 11.3 Å². The number of aromatic nitrogens is 2. The molecule has 0 aliphatic heterocycles. The van der Waals surface area contributed by atoms with Crippen LogP contribution in [0.4, 0.5) is 13.9 Å². The Morgan fingerprint density at radius 2 is 2.04 bits per heavy atom. The first kappa shape index (κ1) is 15.3. The van der Waals surface area contributed by atoms with E-state index in [-0.39, 0.29) is 5.91 Å². The van der Waals surface area contributed by atoms with E-state index in [9.17, 15) is 13.6 Å². The number of amides is 1. The van der Waals surface area contributed by atoms with E-state index < -0.39 is 11.6 Å². The molecule has 5 nitrogen and oxygen atoms in total. The van der Waals surface area contributed by atoms with Gasteiger partial charge in [0.05, 0.1) is 11.4 Å². The molecule has 0 atom stereocenters. The Balaban J connectivity index is 1.82. The van der Waals surface area contributed by atoms with E-state index in [4.69, 9.17) is 4.52 Å². The van der Waals surface area contributed by atoms with Crippen LogP contribution in [0.3, 0.4) is 0 Å². The lowest BCUT2D eigenvalue weighted by Gasteiger charge is -2.00. The van der Waals surface area contributed by atoms with E-state index in [1.54, 1.807) is 19.2 Å². The molecule has 118 valence electrons. The number of thiazole rings is 1. The highest BCUT2D eigenvalue weighted by molar-refractivity contribution is 7.14. The van der Waals surface area contributed by atoms with E-state index in [1.807, 2.05) is 0 Å². The Kier molecular flexibility index (Phi) is 3.91. The van der Waals surface area contributed by atoms with Gasteiger partial charge < -0.3 is 4.52 Å². The zero-order chi connectivity index (χ0) is 16.6. The number of carbonyl (C=O) groups is 1. The van der Waals surface area contributed by atoms with Gasteiger partial charge in [-0.05, 0) is 32.0 Å². The third kappa shape index (κ3) is 2.98. The van der Waals surface area contributed by atoms with Gasteiger partial charge in [0, 0.05) is 10.9 Å². The normalized spacial score (nSPS) is 10.8. The number of hydrogen-bond donors (Lipinski definition) is 1. The first-order chi connectivity index (χ1) is 11.0. The number of hydrogen-bond acceptors (Lipinski definition) is 5. The number of aryl methyl sites for hydroxylation is 2. The fraction of sp³-hybridized carbons (Fsp3) is 0.133. The summed E-state index contributed by atoms with van der Waals surface area (Å²) in [5.74, 6) is -1.84. The van der Waals surface area contributed by atoms with Crippen LogP contribution >= 0.6 is 11.3 Å². The highest BCUT2D eigenvalue weighted by atomic mass is 32.1. The van der Waals surface area contributed by atoms with Gasteiger partial charge in [-0.3, -0.25) is 10.1 Å². The Morgan fingerprint density at radius 3 is 2.70 bits per heavy atom. The molecule has 2 heterocycles. The van der Waals surface area contributed by atoms with E-state index >= 15 is 0 Å². The molecule has 8 heteroatoms. The standard InChI is InChI=1S/C15H11F2N3O2S/c1-7-13(8(2)22-20-7)14(21)19-15-18-12(6-23-15)9-3-4-10(16)11(17)5-9/h3-6H,1-2H3,(H,18,19,21). The number of carbonyl (C=O) groups excluding carboxylic acids is 1. The molecular formula is C15H11F2N3O2S. The van der Waals surface area contributed by atoms with Crippen molar-refractivity contribution in [3.05, 3.63) is 52.2 Å². The average Bonchev–Trinajstić information content (AvgIpc) is 3.09. The molecule has 0 bridgehead atoms. The first-order valence-electron chi connectivity index (χ1n) is 6.61. The Labute approximate surface area is 134 Å². The molecule has 1 aromatic carbocycles. The van der Waals surface area contributed by atoms with Gasteiger partial charge in [0.2, 0.25) is 0 Å². The van der Waals surface area contributed by atoms with Gasteiger partial charge in [-0.1, -0.05) is 5.16 Å². The lowest BCUT2D eigenvalue weighted by Crippen LogP contribution is -2.13. The third-order valence-electron chi connectivity index (χ3n) is 3.20. The fourth-order valence-corrected chi connectivity index (χ4v) is 2.80. The van der Waals surface area contributed by atoms with E-state index in [2.05, 4.69) is 15.5 Å². The maximum atomic E-state index is 13.3. The number of benzene rings is 1. The topological polar surface area (TPSA) is 68.0 Å². The minimum Gasteiger partial charge on any atom is -0.361 e. The van der Waals surface area contributed by atoms with Gasteiger partial charge in [0.25, 0.3) is 5.91 Å². The van der Waals surface area contributed by atoms with Crippen molar-refractivity contribution in [3.8, 4) is 11.3 Å². The molecule has 0 aliphatic carbocycles. The zero-order valence-corrected chi connectivity index (χ0v) is 13.0. The maximum absolute atomic E-state index is 13.3. The number of rotatable bonds is 3. The zero-order valence-electron chi connectivity index (χ0n) is 12.2. The number of nitrogens with one attached hydrogen (secondary N) is 1. The smallest absolute Gasteiger partial charge is 0.262 e. The van der Waals surface area contributed by atoms with Crippen LogP contribution in [-0.2, 0) is 0 Å². The number of halogens is 2. The molecule has 1 amide bonds. The largest absolute Gasteiger partial charge is 0.361 e. The van der Waals surface area contributed by atoms with Gasteiger partial charge >= 0.3 is 0 Å². The van der Waals surface area contributed by atoms with Gasteiger partial charge in [-0.25, -0.2) is 13.8 Å². The molecule has 0 radical (unpaired) electrons. The van der Waals surface area contributed by atoms with E-state index in [0.29, 0.717) is 33.4 Å². The highest BCUT2D eigenvalue weighted by Crippen LogP contribution is 2.26. The predicted molar refractivity (Wildman–Crippen MR) is 81.4 cm³/mol.